The Labute approximate surface area is 175 Å². The third kappa shape index (κ3) is 3.00. The van der Waals surface area contributed by atoms with Crippen LogP contribution in [0.4, 0.5) is 10.6 Å². The van der Waals surface area contributed by atoms with Crippen LogP contribution in [0.5, 0.6) is 0 Å². The van der Waals surface area contributed by atoms with Crippen molar-refractivity contribution in [3.63, 3.8) is 0 Å². The number of hydrogen-bond donors (Lipinski definition) is 2. The van der Waals surface area contributed by atoms with Gasteiger partial charge >= 0.3 is 12.1 Å². The molecule has 2 heterocycles. The number of fused-ring (bicyclic) bond motifs is 1. The van der Waals surface area contributed by atoms with Crippen LogP contribution in [-0.2, 0) is 10.2 Å². The molecular weight excluding hydrogens is 382 g/mol. The van der Waals surface area contributed by atoms with Crippen molar-refractivity contribution in [2.45, 2.75) is 38.6 Å². The van der Waals surface area contributed by atoms with Gasteiger partial charge in [0.2, 0.25) is 0 Å². The SMILES string of the molecule is COC(=O)c1cc(-c2ccc(C34CC3CN(C(=O)O)C4C(C)(C)C)cc2)cnc1N. The highest BCUT2D eigenvalue weighted by Crippen LogP contribution is 2.65. The molecule has 158 valence electrons. The molecule has 1 aliphatic carbocycles. The van der Waals surface area contributed by atoms with Crippen molar-refractivity contribution in [3.05, 3.63) is 47.7 Å². The number of hydrogen-bond acceptors (Lipinski definition) is 5. The molecule has 4 rings (SSSR count). The van der Waals surface area contributed by atoms with Crippen molar-refractivity contribution in [1.29, 1.82) is 0 Å². The van der Waals surface area contributed by atoms with Crippen LogP contribution in [0, 0.1) is 11.3 Å². The summed E-state index contributed by atoms with van der Waals surface area (Å²) in [6.07, 6.45) is 1.80. The molecule has 0 spiro atoms. The summed E-state index contributed by atoms with van der Waals surface area (Å²) in [7, 11) is 1.31. The number of carbonyl (C=O) groups is 2. The third-order valence-electron chi connectivity index (χ3n) is 6.51. The Morgan fingerprint density at radius 3 is 2.47 bits per heavy atom. The predicted octanol–water partition coefficient (Wildman–Crippen LogP) is 3.78. The maximum absolute atomic E-state index is 11.9. The van der Waals surface area contributed by atoms with Gasteiger partial charge in [0.05, 0.1) is 7.11 Å². The molecule has 1 saturated carbocycles. The number of rotatable bonds is 3. The minimum atomic E-state index is -0.846. The first-order valence-corrected chi connectivity index (χ1v) is 10.0. The van der Waals surface area contributed by atoms with Crippen LogP contribution < -0.4 is 5.73 Å². The van der Waals surface area contributed by atoms with Crippen molar-refractivity contribution < 1.29 is 19.4 Å². The van der Waals surface area contributed by atoms with Crippen LogP contribution in [0.1, 0.15) is 43.1 Å². The fourth-order valence-electron chi connectivity index (χ4n) is 5.35. The average molecular weight is 409 g/mol. The maximum atomic E-state index is 11.9. The second-order valence-corrected chi connectivity index (χ2v) is 9.37. The molecule has 1 aromatic carbocycles. The monoisotopic (exact) mass is 409 g/mol. The van der Waals surface area contributed by atoms with Gasteiger partial charge < -0.3 is 20.5 Å². The van der Waals surface area contributed by atoms with E-state index in [0.717, 1.165) is 23.1 Å². The molecule has 1 saturated heterocycles. The van der Waals surface area contributed by atoms with E-state index in [9.17, 15) is 14.7 Å². The lowest BCUT2D eigenvalue weighted by Crippen LogP contribution is -2.49. The second kappa shape index (κ2) is 6.72. The molecule has 2 aliphatic rings. The molecule has 7 nitrogen and oxygen atoms in total. The third-order valence-corrected chi connectivity index (χ3v) is 6.51. The van der Waals surface area contributed by atoms with Crippen LogP contribution in [0.15, 0.2) is 36.5 Å². The number of nitrogens with zero attached hydrogens (tertiary/aromatic N) is 2. The van der Waals surface area contributed by atoms with Crippen molar-refractivity contribution in [2.75, 3.05) is 19.4 Å². The number of methoxy groups -OCH3 is 1. The summed E-state index contributed by atoms with van der Waals surface area (Å²) in [5.41, 5.74) is 8.58. The summed E-state index contributed by atoms with van der Waals surface area (Å²) in [6.45, 7) is 6.92. The number of likely N-dealkylation sites (tertiary alicyclic amines) is 1. The molecule has 1 aliphatic heterocycles. The zero-order valence-electron chi connectivity index (χ0n) is 17.7. The smallest absolute Gasteiger partial charge is 0.407 e. The van der Waals surface area contributed by atoms with Crippen LogP contribution in [0.3, 0.4) is 0 Å². The highest BCUT2D eigenvalue weighted by atomic mass is 16.5. The molecule has 2 fully saturated rings. The van der Waals surface area contributed by atoms with Crippen molar-refractivity contribution in [1.82, 2.24) is 9.88 Å². The van der Waals surface area contributed by atoms with Crippen LogP contribution >= 0.6 is 0 Å². The van der Waals surface area contributed by atoms with E-state index >= 15 is 0 Å². The first kappa shape index (κ1) is 20.2. The second-order valence-electron chi connectivity index (χ2n) is 9.37. The largest absolute Gasteiger partial charge is 0.465 e. The topological polar surface area (TPSA) is 106 Å². The number of piperidine rings is 1. The van der Waals surface area contributed by atoms with E-state index < -0.39 is 12.1 Å². The van der Waals surface area contributed by atoms with E-state index in [-0.39, 0.29) is 28.3 Å². The number of carboxylic acid groups (broad SMARTS) is 1. The van der Waals surface area contributed by atoms with Gasteiger partial charge in [-0.1, -0.05) is 45.0 Å². The molecule has 1 amide bonds. The lowest BCUT2D eigenvalue weighted by atomic mass is 9.73. The predicted molar refractivity (Wildman–Crippen MR) is 113 cm³/mol. The number of amides is 1. The molecule has 3 N–H and O–H groups in total. The summed E-state index contributed by atoms with van der Waals surface area (Å²) in [5.74, 6) is -0.0339. The summed E-state index contributed by atoms with van der Waals surface area (Å²) >= 11 is 0. The normalized spacial score (nSPS) is 25.0. The lowest BCUT2D eigenvalue weighted by Gasteiger charge is -2.40. The molecule has 2 aromatic rings. The minimum absolute atomic E-state index is 0.0672. The van der Waals surface area contributed by atoms with Gasteiger partial charge in [0.1, 0.15) is 11.4 Å². The molecule has 0 radical (unpaired) electrons. The Balaban J connectivity index is 1.68. The van der Waals surface area contributed by atoms with Gasteiger partial charge in [0, 0.05) is 29.8 Å². The highest BCUT2D eigenvalue weighted by molar-refractivity contribution is 5.95. The van der Waals surface area contributed by atoms with Crippen molar-refractivity contribution >= 4 is 17.9 Å². The fraction of sp³-hybridized carbons (Fsp3) is 0.435. The Morgan fingerprint density at radius 1 is 1.23 bits per heavy atom. The fourth-order valence-corrected chi connectivity index (χ4v) is 5.35. The standard InChI is InChI=1S/C23H27N3O4/c1-22(2,3)20-23(10-16(23)12-26(20)21(28)29)15-7-5-13(6-8-15)14-9-17(19(27)30-4)18(24)25-11-14/h5-9,11,16,20H,10,12H2,1-4H3,(H2,24,25)(H,28,29). The van der Waals surface area contributed by atoms with Crippen LogP contribution in [0.2, 0.25) is 0 Å². The number of anilines is 1. The first-order chi connectivity index (χ1) is 14.1. The van der Waals surface area contributed by atoms with Gasteiger partial charge in [0.25, 0.3) is 0 Å². The first-order valence-electron chi connectivity index (χ1n) is 10.0. The number of nitrogen functional groups attached to an aromatic ring is 1. The Bertz CT molecular complexity index is 1010. The summed E-state index contributed by atoms with van der Waals surface area (Å²) in [6, 6.07) is 9.76. The van der Waals surface area contributed by atoms with Gasteiger partial charge in [-0.05, 0) is 34.9 Å². The number of ether oxygens (including phenoxy) is 1. The molecule has 30 heavy (non-hydrogen) atoms. The summed E-state index contributed by atoms with van der Waals surface area (Å²) in [4.78, 5) is 29.5. The zero-order valence-corrected chi connectivity index (χ0v) is 17.7. The summed E-state index contributed by atoms with van der Waals surface area (Å²) in [5, 5.41) is 9.72. The quantitative estimate of drug-likeness (QED) is 0.747. The van der Waals surface area contributed by atoms with Gasteiger partial charge in [0.15, 0.2) is 0 Å². The number of benzene rings is 1. The van der Waals surface area contributed by atoms with E-state index in [1.54, 1.807) is 17.2 Å². The lowest BCUT2D eigenvalue weighted by molar-refractivity contribution is 0.0601. The Morgan fingerprint density at radius 2 is 1.90 bits per heavy atom. The van der Waals surface area contributed by atoms with E-state index in [1.807, 2.05) is 12.1 Å². The minimum Gasteiger partial charge on any atom is -0.465 e. The van der Waals surface area contributed by atoms with E-state index in [0.29, 0.717) is 12.5 Å². The van der Waals surface area contributed by atoms with Crippen LogP contribution in [-0.4, -0.2) is 46.7 Å². The Hall–Kier alpha value is -3.09. The van der Waals surface area contributed by atoms with Gasteiger partial charge in [-0.25, -0.2) is 14.6 Å². The molecule has 1 aromatic heterocycles. The number of aromatic nitrogens is 1. The molecule has 3 unspecified atom stereocenters. The average Bonchev–Trinajstić information content (AvgIpc) is 3.30. The van der Waals surface area contributed by atoms with Crippen LogP contribution in [0.25, 0.3) is 11.1 Å². The molecular formula is C23H27N3O4. The van der Waals surface area contributed by atoms with E-state index in [1.165, 1.54) is 7.11 Å². The van der Waals surface area contributed by atoms with Crippen molar-refractivity contribution in [2.24, 2.45) is 11.3 Å². The zero-order chi connectivity index (χ0) is 21.8. The molecule has 0 bridgehead atoms. The van der Waals surface area contributed by atoms with Gasteiger partial charge in [-0.2, -0.15) is 0 Å². The highest BCUT2D eigenvalue weighted by Gasteiger charge is 2.70. The maximum Gasteiger partial charge on any atom is 0.407 e. The van der Waals surface area contributed by atoms with Crippen molar-refractivity contribution in [3.8, 4) is 11.1 Å². The number of pyridine rings is 1. The summed E-state index contributed by atoms with van der Waals surface area (Å²) < 4.78 is 4.77. The van der Waals surface area contributed by atoms with Gasteiger partial charge in [-0.3, -0.25) is 0 Å². The van der Waals surface area contributed by atoms with Gasteiger partial charge in [-0.15, -0.1) is 0 Å². The van der Waals surface area contributed by atoms with E-state index in [2.05, 4.69) is 37.9 Å². The molecule has 7 heteroatoms. The number of esters is 1. The van der Waals surface area contributed by atoms with E-state index in [4.69, 9.17) is 10.5 Å². The number of carbonyl (C=O) groups excluding carboxylic acids is 1. The molecule has 3 atom stereocenters. The Kier molecular flexibility index (Phi) is 4.52. The number of nitrogens with two attached hydrogens (primary N) is 1.